The third-order valence-electron chi connectivity index (χ3n) is 5.52. The molecule has 1 aromatic heterocycles. The van der Waals surface area contributed by atoms with E-state index in [-0.39, 0.29) is 11.9 Å². The van der Waals surface area contributed by atoms with Crippen LogP contribution >= 0.6 is 11.8 Å². The van der Waals surface area contributed by atoms with E-state index in [2.05, 4.69) is 36.4 Å². The first kappa shape index (κ1) is 21.1. The van der Waals surface area contributed by atoms with Gasteiger partial charge in [-0.2, -0.15) is 11.8 Å². The molecule has 4 aromatic rings. The number of fused-ring (bicyclic) bond motifs is 1. The first-order valence-electron chi connectivity index (χ1n) is 10.5. The molecule has 4 rings (SSSR count). The molecule has 0 aliphatic rings. The Kier molecular flexibility index (Phi) is 6.68. The molecular weight excluding hydrogens is 400 g/mol. The van der Waals surface area contributed by atoms with Crippen LogP contribution in [0, 0.1) is 0 Å². The fraction of sp³-hybridized carbons (Fsp3) is 0.185. The number of carbonyl (C=O) groups is 1. The van der Waals surface area contributed by atoms with Crippen LogP contribution in [0.15, 0.2) is 91.1 Å². The van der Waals surface area contributed by atoms with E-state index < -0.39 is 0 Å². The molecule has 0 bridgehead atoms. The molecule has 0 saturated carbocycles. The van der Waals surface area contributed by atoms with Gasteiger partial charge in [-0.05, 0) is 48.1 Å². The number of hydrogen-bond donors (Lipinski definition) is 0. The van der Waals surface area contributed by atoms with Crippen LogP contribution in [0.4, 0.5) is 5.69 Å². The van der Waals surface area contributed by atoms with Crippen LogP contribution in [-0.4, -0.2) is 17.1 Å². The Hall–Kier alpha value is -3.11. The highest BCUT2D eigenvalue weighted by Crippen LogP contribution is 2.33. The molecular formula is C27H26N2OS. The summed E-state index contributed by atoms with van der Waals surface area (Å²) in [6, 6.07) is 28.1. The Morgan fingerprint density at radius 1 is 0.935 bits per heavy atom. The summed E-state index contributed by atoms with van der Waals surface area (Å²) in [5.41, 5.74) is 4.73. The molecule has 4 heteroatoms. The number of amides is 1. The quantitative estimate of drug-likeness (QED) is 0.322. The van der Waals surface area contributed by atoms with Gasteiger partial charge in [0, 0.05) is 23.0 Å². The van der Waals surface area contributed by atoms with E-state index in [4.69, 9.17) is 0 Å². The summed E-state index contributed by atoms with van der Waals surface area (Å²) in [5, 5.41) is 0.952. The van der Waals surface area contributed by atoms with E-state index in [0.29, 0.717) is 5.56 Å². The average molecular weight is 427 g/mol. The van der Waals surface area contributed by atoms with Gasteiger partial charge < -0.3 is 4.90 Å². The maximum atomic E-state index is 14.2. The van der Waals surface area contributed by atoms with Crippen LogP contribution < -0.4 is 4.90 Å². The number of thioether (sulfide) groups is 1. The molecule has 1 atom stereocenters. The second kappa shape index (κ2) is 9.80. The second-order valence-corrected chi connectivity index (χ2v) is 8.31. The molecule has 0 fully saturated rings. The summed E-state index contributed by atoms with van der Waals surface area (Å²) < 4.78 is 0. The van der Waals surface area contributed by atoms with Crippen molar-refractivity contribution in [3.8, 4) is 0 Å². The lowest BCUT2D eigenvalue weighted by Gasteiger charge is -2.32. The van der Waals surface area contributed by atoms with Gasteiger partial charge in [0.2, 0.25) is 0 Å². The minimum atomic E-state index is -0.0629. The fourth-order valence-electron chi connectivity index (χ4n) is 4.13. The smallest absolute Gasteiger partial charge is 0.259 e. The minimum absolute atomic E-state index is 0.00264. The highest BCUT2D eigenvalue weighted by atomic mass is 32.2. The van der Waals surface area contributed by atoms with Gasteiger partial charge in [-0.25, -0.2) is 0 Å². The Bertz CT molecular complexity index is 1160. The largest absolute Gasteiger partial charge is 0.301 e. The fourth-order valence-corrected chi connectivity index (χ4v) is 4.69. The topological polar surface area (TPSA) is 33.2 Å². The summed E-state index contributed by atoms with van der Waals surface area (Å²) in [6.07, 6.45) is 4.63. The van der Waals surface area contributed by atoms with E-state index in [1.807, 2.05) is 71.6 Å². The summed E-state index contributed by atoms with van der Waals surface area (Å²) >= 11 is 1.75. The van der Waals surface area contributed by atoms with Crippen molar-refractivity contribution in [2.45, 2.75) is 25.1 Å². The van der Waals surface area contributed by atoms with Crippen molar-refractivity contribution in [3.63, 3.8) is 0 Å². The third-order valence-corrected chi connectivity index (χ3v) is 6.12. The highest BCUT2D eigenvalue weighted by molar-refractivity contribution is 7.97. The summed E-state index contributed by atoms with van der Waals surface area (Å²) in [4.78, 5) is 20.7. The molecule has 3 nitrogen and oxygen atoms in total. The van der Waals surface area contributed by atoms with E-state index in [0.717, 1.165) is 39.9 Å². The molecule has 1 amide bonds. The normalized spacial score (nSPS) is 11.9. The van der Waals surface area contributed by atoms with Gasteiger partial charge in [-0.1, -0.05) is 67.6 Å². The Morgan fingerprint density at radius 2 is 1.65 bits per heavy atom. The van der Waals surface area contributed by atoms with E-state index in [9.17, 15) is 4.79 Å². The number of carbonyl (C=O) groups excluding carboxylic acids is 1. The number of nitrogens with zero attached hydrogens (tertiary/aromatic N) is 2. The molecule has 0 aliphatic heterocycles. The monoisotopic (exact) mass is 426 g/mol. The number of aromatic nitrogens is 1. The minimum Gasteiger partial charge on any atom is -0.301 e. The van der Waals surface area contributed by atoms with Gasteiger partial charge in [0.15, 0.2) is 0 Å². The van der Waals surface area contributed by atoms with Gasteiger partial charge in [-0.15, -0.1) is 0 Å². The summed E-state index contributed by atoms with van der Waals surface area (Å²) in [6.45, 7) is 2.13. The SMILES string of the molecule is CC[C@@H](c1ccccc1)N(C(=O)c1ccnc2cccc(CSC)c12)c1ccccc1. The highest BCUT2D eigenvalue weighted by Gasteiger charge is 2.28. The zero-order valence-corrected chi connectivity index (χ0v) is 18.7. The zero-order valence-electron chi connectivity index (χ0n) is 17.9. The van der Waals surface area contributed by atoms with Crippen molar-refractivity contribution < 1.29 is 4.79 Å². The van der Waals surface area contributed by atoms with Crippen molar-refractivity contribution in [3.05, 3.63) is 108 Å². The van der Waals surface area contributed by atoms with Crippen LogP contribution in [-0.2, 0) is 5.75 Å². The van der Waals surface area contributed by atoms with Gasteiger partial charge >= 0.3 is 0 Å². The Labute approximate surface area is 188 Å². The lowest BCUT2D eigenvalue weighted by atomic mass is 9.98. The van der Waals surface area contributed by atoms with E-state index in [1.54, 1.807) is 18.0 Å². The van der Waals surface area contributed by atoms with E-state index >= 15 is 0 Å². The van der Waals surface area contributed by atoms with Crippen LogP contribution in [0.2, 0.25) is 0 Å². The molecule has 0 aliphatic carbocycles. The summed E-state index contributed by atoms with van der Waals surface area (Å²) in [7, 11) is 0. The standard InChI is InChI=1S/C27H26N2OS/c1-3-25(20-11-6-4-7-12-20)29(22-14-8-5-9-15-22)27(30)23-17-18-28-24-16-10-13-21(19-31-2)26(23)24/h4-18,25H,3,19H2,1-2H3/t25-/m0/s1. The third kappa shape index (κ3) is 4.35. The number of anilines is 1. The maximum absolute atomic E-state index is 14.2. The van der Waals surface area contributed by atoms with Crippen molar-refractivity contribution in [1.82, 2.24) is 4.98 Å². The van der Waals surface area contributed by atoms with E-state index in [1.165, 1.54) is 0 Å². The predicted molar refractivity (Wildman–Crippen MR) is 132 cm³/mol. The molecule has 0 unspecified atom stereocenters. The Balaban J connectivity index is 1.90. The first-order chi connectivity index (χ1) is 15.2. The van der Waals surface area contributed by atoms with Crippen LogP contribution in [0.3, 0.4) is 0 Å². The lowest BCUT2D eigenvalue weighted by molar-refractivity contribution is 0.0977. The number of para-hydroxylation sites is 1. The molecule has 0 radical (unpaired) electrons. The number of pyridine rings is 1. The molecule has 0 N–H and O–H groups in total. The number of rotatable bonds is 7. The molecule has 3 aromatic carbocycles. The average Bonchev–Trinajstić information content (AvgIpc) is 2.83. The lowest BCUT2D eigenvalue weighted by Crippen LogP contribution is -2.35. The first-order valence-corrected chi connectivity index (χ1v) is 11.9. The van der Waals surface area contributed by atoms with Crippen molar-refractivity contribution in [2.75, 3.05) is 11.2 Å². The molecule has 156 valence electrons. The maximum Gasteiger partial charge on any atom is 0.259 e. The predicted octanol–water partition coefficient (Wildman–Crippen LogP) is 6.90. The summed E-state index contributed by atoms with van der Waals surface area (Å²) in [5.74, 6) is 0.840. The van der Waals surface area contributed by atoms with Crippen molar-refractivity contribution in [2.24, 2.45) is 0 Å². The molecule has 0 saturated heterocycles. The Morgan fingerprint density at radius 3 is 2.32 bits per heavy atom. The molecule has 1 heterocycles. The number of benzene rings is 3. The van der Waals surface area contributed by atoms with Gasteiger partial charge in [0.1, 0.15) is 0 Å². The molecule has 0 spiro atoms. The van der Waals surface area contributed by atoms with Crippen molar-refractivity contribution in [1.29, 1.82) is 0 Å². The van der Waals surface area contributed by atoms with Gasteiger partial charge in [0.25, 0.3) is 5.91 Å². The number of hydrogen-bond acceptors (Lipinski definition) is 3. The molecule has 31 heavy (non-hydrogen) atoms. The van der Waals surface area contributed by atoms with Gasteiger partial charge in [0.05, 0.1) is 17.1 Å². The zero-order chi connectivity index (χ0) is 21.6. The van der Waals surface area contributed by atoms with Gasteiger partial charge in [-0.3, -0.25) is 9.78 Å². The van der Waals surface area contributed by atoms with Crippen LogP contribution in [0.25, 0.3) is 10.9 Å². The van der Waals surface area contributed by atoms with Crippen LogP contribution in [0.5, 0.6) is 0 Å². The van der Waals surface area contributed by atoms with Crippen LogP contribution in [0.1, 0.15) is 40.9 Å². The second-order valence-electron chi connectivity index (χ2n) is 7.45. The van der Waals surface area contributed by atoms with Crippen molar-refractivity contribution >= 4 is 34.3 Å².